The molecule has 4 nitrogen and oxygen atoms in total. The molecule has 8 heteroatoms. The maximum absolute atomic E-state index is 12.7. The SMILES string of the molecule is CC(C)(C(=O)O)C(=O)Nc1ccc(Br)c(C(F)(F)F)c1. The van der Waals surface area contributed by atoms with Crippen LogP contribution in [-0.4, -0.2) is 17.0 Å². The molecule has 0 atom stereocenters. The van der Waals surface area contributed by atoms with Crippen molar-refractivity contribution < 1.29 is 27.9 Å². The highest BCUT2D eigenvalue weighted by Gasteiger charge is 2.37. The average molecular weight is 354 g/mol. The highest BCUT2D eigenvalue weighted by molar-refractivity contribution is 9.10. The summed E-state index contributed by atoms with van der Waals surface area (Å²) in [4.78, 5) is 22.6. The number of carboxylic acid groups (broad SMARTS) is 1. The van der Waals surface area contributed by atoms with Crippen LogP contribution < -0.4 is 5.32 Å². The topological polar surface area (TPSA) is 66.4 Å². The van der Waals surface area contributed by atoms with E-state index in [-0.39, 0.29) is 10.2 Å². The summed E-state index contributed by atoms with van der Waals surface area (Å²) in [7, 11) is 0. The van der Waals surface area contributed by atoms with Crippen molar-refractivity contribution in [2.24, 2.45) is 5.41 Å². The number of carboxylic acids is 1. The molecule has 2 N–H and O–H groups in total. The van der Waals surface area contributed by atoms with Gasteiger partial charge >= 0.3 is 12.1 Å². The molecule has 1 rings (SSSR count). The predicted molar refractivity (Wildman–Crippen MR) is 69.2 cm³/mol. The molecule has 0 radical (unpaired) electrons. The smallest absolute Gasteiger partial charge is 0.417 e. The number of carbonyl (C=O) groups excluding carboxylic acids is 1. The van der Waals surface area contributed by atoms with Crippen LogP contribution in [0.4, 0.5) is 18.9 Å². The van der Waals surface area contributed by atoms with Crippen LogP contribution in [0.2, 0.25) is 0 Å². The van der Waals surface area contributed by atoms with Gasteiger partial charge in [-0.05, 0) is 32.0 Å². The lowest BCUT2D eigenvalue weighted by Crippen LogP contribution is -2.37. The van der Waals surface area contributed by atoms with Gasteiger partial charge in [0.25, 0.3) is 0 Å². The summed E-state index contributed by atoms with van der Waals surface area (Å²) < 4.78 is 37.9. The van der Waals surface area contributed by atoms with Gasteiger partial charge < -0.3 is 10.4 Å². The molecule has 0 aromatic heterocycles. The molecule has 0 saturated heterocycles. The number of aliphatic carboxylic acids is 1. The van der Waals surface area contributed by atoms with E-state index in [2.05, 4.69) is 21.2 Å². The Bertz CT molecular complexity index is 555. The first kappa shape index (κ1) is 16.5. The van der Waals surface area contributed by atoms with E-state index in [4.69, 9.17) is 5.11 Å². The number of carbonyl (C=O) groups is 2. The summed E-state index contributed by atoms with van der Waals surface area (Å²) >= 11 is 2.77. The lowest BCUT2D eigenvalue weighted by molar-refractivity contribution is -0.151. The lowest BCUT2D eigenvalue weighted by Gasteiger charge is -2.19. The second-order valence-electron chi connectivity index (χ2n) is 4.58. The zero-order valence-electron chi connectivity index (χ0n) is 10.5. The Labute approximate surface area is 121 Å². The molecular weight excluding hydrogens is 343 g/mol. The van der Waals surface area contributed by atoms with E-state index in [1.54, 1.807) is 0 Å². The molecule has 0 spiro atoms. The molecule has 0 fully saturated rings. The summed E-state index contributed by atoms with van der Waals surface area (Å²) in [5.74, 6) is -2.27. The molecule has 0 unspecified atom stereocenters. The molecule has 0 saturated carbocycles. The van der Waals surface area contributed by atoms with Crippen molar-refractivity contribution in [1.82, 2.24) is 0 Å². The molecule has 1 aromatic rings. The number of nitrogens with one attached hydrogen (secondary N) is 1. The van der Waals surface area contributed by atoms with Crippen molar-refractivity contribution in [2.75, 3.05) is 5.32 Å². The van der Waals surface area contributed by atoms with E-state index < -0.39 is 29.0 Å². The number of rotatable bonds is 3. The number of hydrogen-bond acceptors (Lipinski definition) is 2. The van der Waals surface area contributed by atoms with Crippen molar-refractivity contribution in [2.45, 2.75) is 20.0 Å². The highest BCUT2D eigenvalue weighted by Crippen LogP contribution is 2.36. The molecule has 20 heavy (non-hydrogen) atoms. The predicted octanol–water partition coefficient (Wildman–Crippen LogP) is 3.52. The van der Waals surface area contributed by atoms with Gasteiger partial charge in [0.05, 0.1) is 5.56 Å². The molecule has 0 aliphatic heterocycles. The summed E-state index contributed by atoms with van der Waals surface area (Å²) in [5.41, 5.74) is -2.82. The minimum absolute atomic E-state index is 0.125. The molecule has 0 aliphatic carbocycles. The van der Waals surface area contributed by atoms with Gasteiger partial charge in [-0.3, -0.25) is 9.59 Å². The van der Waals surface area contributed by atoms with Gasteiger partial charge in [-0.25, -0.2) is 0 Å². The van der Waals surface area contributed by atoms with Gasteiger partial charge in [0.15, 0.2) is 0 Å². The standard InChI is InChI=1S/C12H11BrF3NO3/c1-11(2,10(19)20)9(18)17-6-3-4-8(13)7(5-6)12(14,15)16/h3-5H,1-2H3,(H,17,18)(H,19,20). The van der Waals surface area contributed by atoms with Crippen molar-refractivity contribution in [3.05, 3.63) is 28.2 Å². The summed E-state index contributed by atoms with van der Waals surface area (Å²) in [6.45, 7) is 2.32. The number of amides is 1. The maximum atomic E-state index is 12.7. The maximum Gasteiger partial charge on any atom is 0.417 e. The van der Waals surface area contributed by atoms with Crippen LogP contribution in [0.25, 0.3) is 0 Å². The molecule has 0 heterocycles. The lowest BCUT2D eigenvalue weighted by atomic mass is 9.92. The van der Waals surface area contributed by atoms with Gasteiger partial charge in [-0.2, -0.15) is 13.2 Å². The Morgan fingerprint density at radius 2 is 1.80 bits per heavy atom. The number of halogens is 4. The van der Waals surface area contributed by atoms with Gasteiger partial charge in [0.2, 0.25) is 5.91 Å². The number of benzene rings is 1. The van der Waals surface area contributed by atoms with Gasteiger partial charge in [-0.15, -0.1) is 0 Å². The largest absolute Gasteiger partial charge is 0.480 e. The summed E-state index contributed by atoms with van der Waals surface area (Å²) in [5, 5.41) is 11.0. The van der Waals surface area contributed by atoms with Crippen LogP contribution in [0.1, 0.15) is 19.4 Å². The zero-order chi connectivity index (χ0) is 15.7. The van der Waals surface area contributed by atoms with E-state index >= 15 is 0 Å². The minimum atomic E-state index is -4.58. The van der Waals surface area contributed by atoms with Gasteiger partial charge in [0.1, 0.15) is 5.41 Å². The molecular formula is C12H11BrF3NO3. The Hall–Kier alpha value is -1.57. The van der Waals surface area contributed by atoms with E-state index in [1.165, 1.54) is 6.07 Å². The Morgan fingerprint density at radius 1 is 1.25 bits per heavy atom. The van der Waals surface area contributed by atoms with Crippen LogP contribution in [-0.2, 0) is 15.8 Å². The minimum Gasteiger partial charge on any atom is -0.480 e. The molecule has 0 bridgehead atoms. The summed E-state index contributed by atoms with van der Waals surface area (Å²) in [6, 6.07) is 3.11. The van der Waals surface area contributed by atoms with Crippen molar-refractivity contribution in [3.8, 4) is 0 Å². The first-order chi connectivity index (χ1) is 8.96. The monoisotopic (exact) mass is 353 g/mol. The summed E-state index contributed by atoms with van der Waals surface area (Å²) in [6.07, 6.45) is -4.58. The van der Waals surface area contributed by atoms with Crippen LogP contribution in [0, 0.1) is 5.41 Å². The fraction of sp³-hybridized carbons (Fsp3) is 0.333. The van der Waals surface area contributed by atoms with Crippen molar-refractivity contribution >= 4 is 33.5 Å². The third-order valence-electron chi connectivity index (χ3n) is 2.63. The van der Waals surface area contributed by atoms with Crippen molar-refractivity contribution in [3.63, 3.8) is 0 Å². The van der Waals surface area contributed by atoms with Crippen LogP contribution in [0.5, 0.6) is 0 Å². The number of alkyl halides is 3. The third kappa shape index (κ3) is 3.50. The Balaban J connectivity index is 3.07. The number of hydrogen-bond donors (Lipinski definition) is 2. The van der Waals surface area contributed by atoms with E-state index in [0.717, 1.165) is 26.0 Å². The normalized spacial score (nSPS) is 12.1. The molecule has 0 aliphatic rings. The van der Waals surface area contributed by atoms with Crippen LogP contribution in [0.15, 0.2) is 22.7 Å². The second-order valence-corrected chi connectivity index (χ2v) is 5.43. The zero-order valence-corrected chi connectivity index (χ0v) is 12.1. The van der Waals surface area contributed by atoms with E-state index in [0.29, 0.717) is 0 Å². The fourth-order valence-corrected chi connectivity index (χ4v) is 1.68. The Morgan fingerprint density at radius 3 is 2.25 bits per heavy atom. The first-order valence-corrected chi connectivity index (χ1v) is 6.17. The van der Waals surface area contributed by atoms with Crippen LogP contribution >= 0.6 is 15.9 Å². The first-order valence-electron chi connectivity index (χ1n) is 5.38. The fourth-order valence-electron chi connectivity index (χ4n) is 1.20. The quantitative estimate of drug-likeness (QED) is 0.817. The molecule has 1 aromatic carbocycles. The third-order valence-corrected chi connectivity index (χ3v) is 3.32. The molecule has 1 amide bonds. The van der Waals surface area contributed by atoms with E-state index in [9.17, 15) is 22.8 Å². The van der Waals surface area contributed by atoms with E-state index in [1.807, 2.05) is 0 Å². The highest BCUT2D eigenvalue weighted by atomic mass is 79.9. The van der Waals surface area contributed by atoms with Crippen molar-refractivity contribution in [1.29, 1.82) is 0 Å². The average Bonchev–Trinajstić information content (AvgIpc) is 2.29. The van der Waals surface area contributed by atoms with Gasteiger partial charge in [-0.1, -0.05) is 15.9 Å². The van der Waals surface area contributed by atoms with Crippen LogP contribution in [0.3, 0.4) is 0 Å². The second kappa shape index (κ2) is 5.43. The van der Waals surface area contributed by atoms with Gasteiger partial charge in [0, 0.05) is 10.2 Å². The Kier molecular flexibility index (Phi) is 4.48. The molecule has 110 valence electrons. The number of anilines is 1.